The lowest BCUT2D eigenvalue weighted by Gasteiger charge is -2.23. The predicted molar refractivity (Wildman–Crippen MR) is 116 cm³/mol. The fourth-order valence-electron chi connectivity index (χ4n) is 4.40. The molecule has 1 atom stereocenters. The highest BCUT2D eigenvalue weighted by Gasteiger charge is 2.52. The Morgan fingerprint density at radius 1 is 1.16 bits per heavy atom. The summed E-state index contributed by atoms with van der Waals surface area (Å²) in [5.74, 6) is 0.982. The van der Waals surface area contributed by atoms with Gasteiger partial charge in [0.15, 0.2) is 0 Å². The van der Waals surface area contributed by atoms with Crippen molar-refractivity contribution in [3.8, 4) is 5.69 Å². The molecule has 8 heteroatoms. The number of aromatic nitrogens is 4. The van der Waals surface area contributed by atoms with E-state index >= 15 is 0 Å². The number of hydrogen-bond acceptors (Lipinski definition) is 5. The maximum Gasteiger partial charge on any atom is 0.233 e. The summed E-state index contributed by atoms with van der Waals surface area (Å²) in [6.07, 6.45) is 8.24. The molecule has 1 saturated heterocycles. The summed E-state index contributed by atoms with van der Waals surface area (Å²) in [5, 5.41) is 10.5. The molecule has 2 amide bonds. The number of benzene rings is 1. The first-order valence-electron chi connectivity index (χ1n) is 10.5. The second-order valence-corrected chi connectivity index (χ2v) is 8.56. The highest BCUT2D eigenvalue weighted by atomic mass is 16.2. The van der Waals surface area contributed by atoms with Crippen molar-refractivity contribution in [3.05, 3.63) is 60.8 Å². The van der Waals surface area contributed by atoms with E-state index in [1.165, 1.54) is 0 Å². The van der Waals surface area contributed by atoms with Gasteiger partial charge in [0, 0.05) is 30.2 Å². The van der Waals surface area contributed by atoms with Crippen LogP contribution in [0.4, 0.5) is 11.5 Å². The molecule has 1 aliphatic heterocycles. The van der Waals surface area contributed by atoms with Crippen molar-refractivity contribution in [3.63, 3.8) is 0 Å². The van der Waals surface area contributed by atoms with E-state index in [1.54, 1.807) is 29.5 Å². The minimum absolute atomic E-state index is 0.166. The molecule has 2 aromatic heterocycles. The summed E-state index contributed by atoms with van der Waals surface area (Å²) in [6.45, 7) is 2.80. The molecule has 31 heavy (non-hydrogen) atoms. The van der Waals surface area contributed by atoms with Crippen LogP contribution in [0.2, 0.25) is 0 Å². The molecule has 0 radical (unpaired) electrons. The minimum Gasteiger partial charge on any atom is -0.312 e. The zero-order chi connectivity index (χ0) is 21.4. The number of hydrogen-bond donors (Lipinski definition) is 1. The third kappa shape index (κ3) is 3.81. The zero-order valence-electron chi connectivity index (χ0n) is 17.4. The summed E-state index contributed by atoms with van der Waals surface area (Å²) in [4.78, 5) is 31.7. The Morgan fingerprint density at radius 2 is 1.97 bits per heavy atom. The lowest BCUT2D eigenvalue weighted by atomic mass is 9.83. The Morgan fingerprint density at radius 3 is 2.74 bits per heavy atom. The maximum atomic E-state index is 13.0. The molecule has 8 nitrogen and oxygen atoms in total. The van der Waals surface area contributed by atoms with Crippen LogP contribution in [0.15, 0.2) is 55.2 Å². The summed E-state index contributed by atoms with van der Waals surface area (Å²) in [7, 11) is 0. The molecule has 158 valence electrons. The average molecular weight is 416 g/mol. The van der Waals surface area contributed by atoms with Crippen molar-refractivity contribution in [2.75, 3.05) is 16.8 Å². The van der Waals surface area contributed by atoms with Crippen LogP contribution in [0.25, 0.3) is 5.69 Å². The van der Waals surface area contributed by atoms with Gasteiger partial charge in [-0.15, -0.1) is 10.2 Å². The van der Waals surface area contributed by atoms with Gasteiger partial charge in [-0.25, -0.2) is 4.98 Å². The SMILES string of the molecule is C[C@@]1(C2CC2)CCN(c2ccnc(NC(=O)Cc3cccc(-n4cnnc4)c3)c2)C1=O. The van der Waals surface area contributed by atoms with Gasteiger partial charge in [-0.05, 0) is 48.9 Å². The van der Waals surface area contributed by atoms with Gasteiger partial charge in [-0.3, -0.25) is 14.2 Å². The lowest BCUT2D eigenvalue weighted by molar-refractivity contribution is -0.125. The maximum absolute atomic E-state index is 13.0. The Balaban J connectivity index is 1.26. The van der Waals surface area contributed by atoms with E-state index in [4.69, 9.17) is 0 Å². The smallest absolute Gasteiger partial charge is 0.233 e. The first-order chi connectivity index (χ1) is 15.0. The molecule has 2 fully saturated rings. The lowest BCUT2D eigenvalue weighted by Crippen LogP contribution is -2.34. The number of carbonyl (C=O) groups is 2. The van der Waals surface area contributed by atoms with Crippen molar-refractivity contribution in [2.45, 2.75) is 32.6 Å². The number of nitrogens with zero attached hydrogens (tertiary/aromatic N) is 5. The zero-order valence-corrected chi connectivity index (χ0v) is 17.4. The van der Waals surface area contributed by atoms with Crippen molar-refractivity contribution >= 4 is 23.3 Å². The van der Waals surface area contributed by atoms with Crippen LogP contribution in [-0.2, 0) is 16.0 Å². The number of rotatable bonds is 6. The highest BCUT2D eigenvalue weighted by Crippen LogP contribution is 2.51. The van der Waals surface area contributed by atoms with Crippen molar-refractivity contribution in [1.82, 2.24) is 19.7 Å². The number of pyridine rings is 1. The van der Waals surface area contributed by atoms with E-state index in [0.717, 1.165) is 36.2 Å². The molecule has 1 aliphatic carbocycles. The van der Waals surface area contributed by atoms with Crippen LogP contribution in [0.3, 0.4) is 0 Å². The summed E-state index contributed by atoms with van der Waals surface area (Å²) >= 11 is 0. The minimum atomic E-state index is -0.248. The molecule has 1 aromatic carbocycles. The van der Waals surface area contributed by atoms with E-state index in [0.29, 0.717) is 18.3 Å². The molecule has 1 N–H and O–H groups in total. The molecule has 3 aromatic rings. The standard InChI is InChI=1S/C23H24N6O2/c1-23(17-5-6-17)8-10-29(22(23)31)19-7-9-24-20(13-19)27-21(30)12-16-3-2-4-18(11-16)28-14-25-26-15-28/h2-4,7,9,11,13-15,17H,5-6,8,10,12H2,1H3,(H,24,27,30)/t23-/m0/s1. The van der Waals surface area contributed by atoms with E-state index in [-0.39, 0.29) is 23.7 Å². The normalized spacial score (nSPS) is 20.8. The Bertz CT molecular complexity index is 1120. The molecule has 1 saturated carbocycles. The Kier molecular flexibility index (Phi) is 4.77. The van der Waals surface area contributed by atoms with Crippen LogP contribution >= 0.6 is 0 Å². The summed E-state index contributed by atoms with van der Waals surface area (Å²) in [5.41, 5.74) is 2.30. The quantitative estimate of drug-likeness (QED) is 0.667. The molecular weight excluding hydrogens is 392 g/mol. The number of nitrogens with one attached hydrogen (secondary N) is 1. The number of amides is 2. The van der Waals surface area contributed by atoms with E-state index in [2.05, 4.69) is 27.4 Å². The van der Waals surface area contributed by atoms with Crippen molar-refractivity contribution in [1.29, 1.82) is 0 Å². The van der Waals surface area contributed by atoms with Gasteiger partial charge in [-0.1, -0.05) is 19.1 Å². The largest absolute Gasteiger partial charge is 0.312 e. The first-order valence-corrected chi connectivity index (χ1v) is 10.5. The molecular formula is C23H24N6O2. The number of anilines is 2. The second kappa shape index (κ2) is 7.61. The Hall–Kier alpha value is -3.55. The van der Waals surface area contributed by atoms with E-state index in [9.17, 15) is 9.59 Å². The third-order valence-corrected chi connectivity index (χ3v) is 6.38. The van der Waals surface area contributed by atoms with Crippen molar-refractivity contribution in [2.24, 2.45) is 11.3 Å². The molecule has 3 heterocycles. The average Bonchev–Trinajstić information content (AvgIpc) is 3.39. The van der Waals surface area contributed by atoms with E-state index in [1.807, 2.05) is 35.2 Å². The molecule has 5 rings (SSSR count). The summed E-state index contributed by atoms with van der Waals surface area (Å²) in [6, 6.07) is 11.3. The molecule has 2 aliphatic rings. The second-order valence-electron chi connectivity index (χ2n) is 8.56. The third-order valence-electron chi connectivity index (χ3n) is 6.38. The van der Waals surface area contributed by atoms with Crippen LogP contribution in [0.5, 0.6) is 0 Å². The van der Waals surface area contributed by atoms with Gasteiger partial charge < -0.3 is 10.2 Å². The van der Waals surface area contributed by atoms with Gasteiger partial charge in [0.05, 0.1) is 11.8 Å². The number of carbonyl (C=O) groups excluding carboxylic acids is 2. The van der Waals surface area contributed by atoms with Crippen LogP contribution in [0.1, 0.15) is 31.7 Å². The highest BCUT2D eigenvalue weighted by molar-refractivity contribution is 6.00. The van der Waals surface area contributed by atoms with Gasteiger partial charge in [0.2, 0.25) is 11.8 Å². The van der Waals surface area contributed by atoms with Crippen LogP contribution in [-0.4, -0.2) is 38.1 Å². The fraction of sp³-hybridized carbons (Fsp3) is 0.348. The van der Waals surface area contributed by atoms with Gasteiger partial charge >= 0.3 is 0 Å². The first kappa shape index (κ1) is 19.4. The van der Waals surface area contributed by atoms with E-state index < -0.39 is 0 Å². The van der Waals surface area contributed by atoms with Gasteiger partial charge in [0.25, 0.3) is 0 Å². The van der Waals surface area contributed by atoms with Gasteiger partial charge in [-0.2, -0.15) is 0 Å². The van der Waals surface area contributed by atoms with Crippen LogP contribution in [0, 0.1) is 11.3 Å². The topological polar surface area (TPSA) is 93.0 Å². The molecule has 0 spiro atoms. The Labute approximate surface area is 180 Å². The van der Waals surface area contributed by atoms with Crippen LogP contribution < -0.4 is 10.2 Å². The van der Waals surface area contributed by atoms with Crippen molar-refractivity contribution < 1.29 is 9.59 Å². The molecule has 0 bridgehead atoms. The predicted octanol–water partition coefficient (Wildman–Crippen LogP) is 3.00. The monoisotopic (exact) mass is 416 g/mol. The molecule has 0 unspecified atom stereocenters. The summed E-state index contributed by atoms with van der Waals surface area (Å²) < 4.78 is 1.79. The van der Waals surface area contributed by atoms with Gasteiger partial charge in [0.1, 0.15) is 18.5 Å². The fourth-order valence-corrected chi connectivity index (χ4v) is 4.40.